The predicted molar refractivity (Wildman–Crippen MR) is 109 cm³/mol. The van der Waals surface area contributed by atoms with Gasteiger partial charge in [0.1, 0.15) is 0 Å². The van der Waals surface area contributed by atoms with Gasteiger partial charge in [-0.3, -0.25) is 14.2 Å². The van der Waals surface area contributed by atoms with Crippen LogP contribution in [0.25, 0.3) is 10.9 Å². The second-order valence-electron chi connectivity index (χ2n) is 7.09. The summed E-state index contributed by atoms with van der Waals surface area (Å²) in [7, 11) is 0. The minimum absolute atomic E-state index is 0.107. The van der Waals surface area contributed by atoms with Crippen LogP contribution in [0.4, 0.5) is 0 Å². The lowest BCUT2D eigenvalue weighted by Gasteiger charge is -2.15. The Kier molecular flexibility index (Phi) is 6.91. The topological polar surface area (TPSA) is 66.9 Å². The van der Waals surface area contributed by atoms with E-state index in [0.29, 0.717) is 33.7 Å². The summed E-state index contributed by atoms with van der Waals surface area (Å²) in [6, 6.07) is 5.13. The maximum absolute atomic E-state index is 12.5. The molecule has 26 heavy (non-hydrogen) atoms. The van der Waals surface area contributed by atoms with Gasteiger partial charge in [0.05, 0.1) is 10.9 Å². The molecule has 0 saturated heterocycles. The molecule has 2 rings (SSSR count). The Hall–Kier alpha value is -2.21. The summed E-state index contributed by atoms with van der Waals surface area (Å²) in [6.07, 6.45) is 4.82. The molecular weight excluding hydrogens is 346 g/mol. The highest BCUT2D eigenvalue weighted by Crippen LogP contribution is 2.12. The van der Waals surface area contributed by atoms with Crippen LogP contribution in [0.2, 0.25) is 0 Å². The maximum atomic E-state index is 12.5. The van der Waals surface area contributed by atoms with Crippen molar-refractivity contribution in [3.05, 3.63) is 51.5 Å². The largest absolute Gasteiger partial charge is 0.350 e. The molecule has 1 unspecified atom stereocenters. The number of amides is 1. The number of nitrogens with zero attached hydrogens (tertiary/aromatic N) is 1. The number of allylic oxidation sites excluding steroid dienone is 1. The summed E-state index contributed by atoms with van der Waals surface area (Å²) in [5.41, 5.74) is 0.901. The van der Waals surface area contributed by atoms with Crippen molar-refractivity contribution in [2.24, 2.45) is 5.92 Å². The Morgan fingerprint density at radius 1 is 1.35 bits per heavy atom. The zero-order chi connectivity index (χ0) is 19.3. The first-order chi connectivity index (χ1) is 12.3. The third-order valence-electron chi connectivity index (χ3n) is 4.35. The monoisotopic (exact) mass is 373 g/mol. The molecule has 140 valence electrons. The smallest absolute Gasteiger partial charge is 0.262 e. The molecule has 0 spiro atoms. The molecule has 1 aromatic carbocycles. The molecule has 2 N–H and O–H groups in total. The highest BCUT2D eigenvalue weighted by atomic mass is 32.1. The highest BCUT2D eigenvalue weighted by molar-refractivity contribution is 7.71. The maximum Gasteiger partial charge on any atom is 0.262 e. The van der Waals surface area contributed by atoms with Crippen LogP contribution < -0.4 is 10.9 Å². The average molecular weight is 374 g/mol. The Balaban J connectivity index is 2.19. The van der Waals surface area contributed by atoms with E-state index in [-0.39, 0.29) is 17.5 Å². The van der Waals surface area contributed by atoms with Gasteiger partial charge in [-0.05, 0) is 49.7 Å². The van der Waals surface area contributed by atoms with Gasteiger partial charge in [-0.25, -0.2) is 0 Å². The van der Waals surface area contributed by atoms with E-state index in [1.54, 1.807) is 24.3 Å². The molecule has 1 amide bonds. The molecule has 1 atom stereocenters. The highest BCUT2D eigenvalue weighted by Gasteiger charge is 2.12. The molecule has 0 radical (unpaired) electrons. The van der Waals surface area contributed by atoms with Gasteiger partial charge in [0.15, 0.2) is 4.77 Å². The molecule has 1 aromatic heterocycles. The fourth-order valence-electron chi connectivity index (χ4n) is 2.90. The number of hydrogen-bond donors (Lipinski definition) is 2. The summed E-state index contributed by atoms with van der Waals surface area (Å²) in [5, 5.41) is 3.52. The SMILES string of the molecule is C=CCn1c(=S)[nH]c2cc(C(=O)NC(C)CCCC(C)C)ccc2c1=O. The third kappa shape index (κ3) is 4.91. The summed E-state index contributed by atoms with van der Waals surface area (Å²) in [4.78, 5) is 28.0. The standard InChI is InChI=1S/C20H27N3O2S/c1-5-11-23-19(25)16-10-9-15(12-17(16)22-20(23)26)18(24)21-14(4)8-6-7-13(2)3/h5,9-10,12-14H,1,6-8,11H2,2-4H3,(H,21,24)(H,22,26). The Labute approximate surface area is 159 Å². The molecule has 5 nitrogen and oxygen atoms in total. The van der Waals surface area contributed by atoms with E-state index < -0.39 is 0 Å². The summed E-state index contributed by atoms with van der Waals surface area (Å²) < 4.78 is 1.77. The fraction of sp³-hybridized carbons (Fsp3) is 0.450. The first-order valence-electron chi connectivity index (χ1n) is 9.02. The molecule has 0 fully saturated rings. The van der Waals surface area contributed by atoms with Crippen molar-refractivity contribution in [2.75, 3.05) is 0 Å². The molecule has 1 heterocycles. The summed E-state index contributed by atoms with van der Waals surface area (Å²) >= 11 is 5.24. The van der Waals surface area contributed by atoms with Gasteiger partial charge in [-0.2, -0.15) is 0 Å². The number of H-pyrrole nitrogens is 1. The second kappa shape index (κ2) is 8.94. The van der Waals surface area contributed by atoms with Crippen molar-refractivity contribution in [2.45, 2.75) is 52.6 Å². The summed E-state index contributed by atoms with van der Waals surface area (Å²) in [5.74, 6) is 0.533. The third-order valence-corrected chi connectivity index (χ3v) is 4.67. The number of carbonyl (C=O) groups excluding carboxylic acids is 1. The lowest BCUT2D eigenvalue weighted by Crippen LogP contribution is -2.32. The number of fused-ring (bicyclic) bond motifs is 1. The van der Waals surface area contributed by atoms with Gasteiger partial charge in [0, 0.05) is 18.2 Å². The van der Waals surface area contributed by atoms with Gasteiger partial charge >= 0.3 is 0 Å². The van der Waals surface area contributed by atoms with Crippen molar-refractivity contribution < 1.29 is 4.79 Å². The Bertz CT molecular complexity index is 911. The number of aromatic amines is 1. The van der Waals surface area contributed by atoms with Gasteiger partial charge < -0.3 is 10.3 Å². The zero-order valence-electron chi connectivity index (χ0n) is 15.7. The van der Waals surface area contributed by atoms with E-state index in [1.807, 2.05) is 6.92 Å². The molecule has 2 aromatic rings. The van der Waals surface area contributed by atoms with Crippen LogP contribution >= 0.6 is 12.2 Å². The van der Waals surface area contributed by atoms with Crippen LogP contribution in [0, 0.1) is 10.7 Å². The van der Waals surface area contributed by atoms with Crippen LogP contribution in [0.3, 0.4) is 0 Å². The van der Waals surface area contributed by atoms with Gasteiger partial charge in [0.25, 0.3) is 11.5 Å². The van der Waals surface area contributed by atoms with Crippen LogP contribution in [0.15, 0.2) is 35.6 Å². The van der Waals surface area contributed by atoms with Gasteiger partial charge in [-0.15, -0.1) is 6.58 Å². The predicted octanol–water partition coefficient (Wildman–Crippen LogP) is 4.19. The van der Waals surface area contributed by atoms with Crippen molar-refractivity contribution >= 4 is 29.0 Å². The van der Waals surface area contributed by atoms with E-state index in [1.165, 1.54) is 4.57 Å². The van der Waals surface area contributed by atoms with Crippen LogP contribution in [-0.4, -0.2) is 21.5 Å². The van der Waals surface area contributed by atoms with Crippen molar-refractivity contribution in [1.82, 2.24) is 14.9 Å². The molecule has 0 aliphatic heterocycles. The van der Waals surface area contributed by atoms with Crippen molar-refractivity contribution in [3.63, 3.8) is 0 Å². The Morgan fingerprint density at radius 3 is 2.73 bits per heavy atom. The normalized spacial score (nSPS) is 12.3. The van der Waals surface area contributed by atoms with Crippen molar-refractivity contribution in [1.29, 1.82) is 0 Å². The van der Waals surface area contributed by atoms with Crippen LogP contribution in [0.1, 0.15) is 50.4 Å². The van der Waals surface area contributed by atoms with E-state index in [4.69, 9.17) is 12.2 Å². The Morgan fingerprint density at radius 2 is 2.08 bits per heavy atom. The molecule has 0 aliphatic carbocycles. The van der Waals surface area contributed by atoms with E-state index in [0.717, 1.165) is 19.3 Å². The minimum Gasteiger partial charge on any atom is -0.350 e. The van der Waals surface area contributed by atoms with Gasteiger partial charge in [-0.1, -0.05) is 32.8 Å². The van der Waals surface area contributed by atoms with Crippen molar-refractivity contribution in [3.8, 4) is 0 Å². The second-order valence-corrected chi connectivity index (χ2v) is 7.48. The molecule has 0 bridgehead atoms. The quantitative estimate of drug-likeness (QED) is 0.538. The number of rotatable bonds is 8. The lowest BCUT2D eigenvalue weighted by molar-refractivity contribution is 0.0938. The van der Waals surface area contributed by atoms with E-state index in [2.05, 4.69) is 30.7 Å². The zero-order valence-corrected chi connectivity index (χ0v) is 16.5. The number of benzene rings is 1. The first-order valence-corrected chi connectivity index (χ1v) is 9.43. The number of aromatic nitrogens is 2. The molecule has 0 aliphatic rings. The molecule has 0 saturated carbocycles. The lowest BCUT2D eigenvalue weighted by atomic mass is 10.0. The van der Waals surface area contributed by atoms with Crippen LogP contribution in [-0.2, 0) is 6.54 Å². The van der Waals surface area contributed by atoms with Crippen LogP contribution in [0.5, 0.6) is 0 Å². The average Bonchev–Trinajstić information content (AvgIpc) is 2.57. The van der Waals surface area contributed by atoms with Gasteiger partial charge in [0.2, 0.25) is 0 Å². The molecular formula is C20H27N3O2S. The molecule has 6 heteroatoms. The number of hydrogen-bond acceptors (Lipinski definition) is 3. The van der Waals surface area contributed by atoms with E-state index in [9.17, 15) is 9.59 Å². The number of carbonyl (C=O) groups is 1. The minimum atomic E-state index is -0.183. The first kappa shape index (κ1) is 20.1. The fourth-order valence-corrected chi connectivity index (χ4v) is 3.17. The van der Waals surface area contributed by atoms with E-state index >= 15 is 0 Å². The summed E-state index contributed by atoms with van der Waals surface area (Å²) in [6.45, 7) is 10.4. The number of nitrogens with one attached hydrogen (secondary N) is 2.